The fourth-order valence-electron chi connectivity index (χ4n) is 1.31. The lowest BCUT2D eigenvalue weighted by molar-refractivity contribution is -0.133. The molecule has 0 saturated heterocycles. The average molecular weight is 269 g/mol. The first-order valence-electron chi connectivity index (χ1n) is 4.92. The molecule has 0 aromatic carbocycles. The van der Waals surface area contributed by atoms with Crippen LogP contribution in [0.2, 0.25) is 0 Å². The van der Waals surface area contributed by atoms with Gasteiger partial charge in [-0.3, -0.25) is 4.79 Å². The van der Waals surface area contributed by atoms with Crippen LogP contribution in [-0.4, -0.2) is 31.6 Å². The van der Waals surface area contributed by atoms with Crippen LogP contribution >= 0.6 is 23.1 Å². The predicted molar refractivity (Wildman–Crippen MR) is 66.5 cm³/mol. The molecule has 0 spiro atoms. The summed E-state index contributed by atoms with van der Waals surface area (Å²) in [6.07, 6.45) is 1.63. The smallest absolute Gasteiger partial charge is 0.313 e. The Hall–Kier alpha value is -1.34. The van der Waals surface area contributed by atoms with Gasteiger partial charge in [-0.1, -0.05) is 11.8 Å². The zero-order valence-electron chi connectivity index (χ0n) is 9.16. The molecule has 0 radical (unpaired) electrons. The first-order chi connectivity index (χ1) is 8.16. The lowest BCUT2D eigenvalue weighted by Crippen LogP contribution is -2.03. The zero-order valence-corrected chi connectivity index (χ0v) is 10.8. The highest BCUT2D eigenvalue weighted by Gasteiger charge is 2.09. The van der Waals surface area contributed by atoms with Crippen molar-refractivity contribution in [2.45, 2.75) is 18.6 Å². The van der Waals surface area contributed by atoms with Crippen LogP contribution in [0.25, 0.3) is 0 Å². The molecule has 0 amide bonds. The van der Waals surface area contributed by atoms with Gasteiger partial charge in [0.25, 0.3) is 0 Å². The van der Waals surface area contributed by atoms with E-state index in [1.54, 1.807) is 17.7 Å². The van der Waals surface area contributed by atoms with Crippen LogP contribution in [0.4, 0.5) is 0 Å². The number of carboxylic acid groups (broad SMARTS) is 1. The van der Waals surface area contributed by atoms with Crippen molar-refractivity contribution in [3.8, 4) is 0 Å². The van der Waals surface area contributed by atoms with E-state index in [1.807, 2.05) is 9.95 Å². The Morgan fingerprint density at radius 3 is 3.12 bits per heavy atom. The average Bonchev–Trinajstić information content (AvgIpc) is 2.87. The number of aromatic nitrogens is 3. The van der Waals surface area contributed by atoms with Gasteiger partial charge in [0.1, 0.15) is 6.33 Å². The SMILES string of the molecule is Cc1ccsc1Cn1cnnc1SCC(=O)O. The lowest BCUT2D eigenvalue weighted by Gasteiger charge is -2.04. The van der Waals surface area contributed by atoms with E-state index in [4.69, 9.17) is 5.11 Å². The van der Waals surface area contributed by atoms with Gasteiger partial charge in [0.05, 0.1) is 12.3 Å². The standard InChI is InChI=1S/C10H11N3O2S2/c1-7-2-3-16-8(7)4-13-6-11-12-10(13)17-5-9(14)15/h2-3,6H,4-5H2,1H3,(H,14,15). The summed E-state index contributed by atoms with van der Waals surface area (Å²) in [4.78, 5) is 11.7. The Kier molecular flexibility index (Phi) is 3.80. The highest BCUT2D eigenvalue weighted by Crippen LogP contribution is 2.20. The van der Waals surface area contributed by atoms with Crippen LogP contribution in [-0.2, 0) is 11.3 Å². The normalized spacial score (nSPS) is 10.6. The Bertz CT molecular complexity index is 521. The molecule has 0 atom stereocenters. The van der Waals surface area contributed by atoms with Gasteiger partial charge in [0.2, 0.25) is 0 Å². The highest BCUT2D eigenvalue weighted by atomic mass is 32.2. The van der Waals surface area contributed by atoms with Crippen molar-refractivity contribution in [1.82, 2.24) is 14.8 Å². The second kappa shape index (κ2) is 5.33. The third-order valence-electron chi connectivity index (χ3n) is 2.19. The molecular weight excluding hydrogens is 258 g/mol. The van der Waals surface area contributed by atoms with Crippen LogP contribution in [0.5, 0.6) is 0 Å². The molecular formula is C10H11N3O2S2. The number of carbonyl (C=O) groups is 1. The minimum absolute atomic E-state index is 0.00210. The number of thioether (sulfide) groups is 1. The van der Waals surface area contributed by atoms with Gasteiger partial charge in [-0.15, -0.1) is 21.5 Å². The van der Waals surface area contributed by atoms with E-state index < -0.39 is 5.97 Å². The van der Waals surface area contributed by atoms with Crippen molar-refractivity contribution in [2.24, 2.45) is 0 Å². The number of aliphatic carboxylic acids is 1. The molecule has 0 aliphatic rings. The zero-order chi connectivity index (χ0) is 12.3. The number of thiophene rings is 1. The molecule has 2 aromatic rings. The fourth-order valence-corrected chi connectivity index (χ4v) is 2.85. The molecule has 0 unspecified atom stereocenters. The molecule has 2 rings (SSSR count). The number of hydrogen-bond acceptors (Lipinski definition) is 5. The summed E-state index contributed by atoms with van der Waals surface area (Å²) in [6.45, 7) is 2.75. The molecule has 90 valence electrons. The fraction of sp³-hybridized carbons (Fsp3) is 0.300. The van der Waals surface area contributed by atoms with E-state index in [1.165, 1.54) is 22.2 Å². The molecule has 0 aliphatic carbocycles. The summed E-state index contributed by atoms with van der Waals surface area (Å²) in [5.74, 6) is -0.848. The van der Waals surface area contributed by atoms with Crippen molar-refractivity contribution in [3.05, 3.63) is 28.2 Å². The van der Waals surface area contributed by atoms with E-state index in [-0.39, 0.29) is 5.75 Å². The van der Waals surface area contributed by atoms with Crippen LogP contribution < -0.4 is 0 Å². The van der Waals surface area contributed by atoms with Crippen LogP contribution in [0, 0.1) is 6.92 Å². The molecule has 17 heavy (non-hydrogen) atoms. The maximum Gasteiger partial charge on any atom is 0.313 e. The quantitative estimate of drug-likeness (QED) is 0.839. The van der Waals surface area contributed by atoms with E-state index in [0.29, 0.717) is 11.7 Å². The van der Waals surface area contributed by atoms with E-state index in [9.17, 15) is 4.79 Å². The molecule has 2 heterocycles. The van der Waals surface area contributed by atoms with Crippen molar-refractivity contribution >= 4 is 29.1 Å². The first kappa shape index (κ1) is 12.1. The van der Waals surface area contributed by atoms with Gasteiger partial charge in [-0.05, 0) is 23.9 Å². The third kappa shape index (κ3) is 3.07. The van der Waals surface area contributed by atoms with Gasteiger partial charge in [-0.2, -0.15) is 0 Å². The maximum absolute atomic E-state index is 10.5. The van der Waals surface area contributed by atoms with Gasteiger partial charge in [0, 0.05) is 4.88 Å². The predicted octanol–water partition coefficient (Wildman–Crippen LogP) is 1.87. The minimum atomic E-state index is -0.850. The van der Waals surface area contributed by atoms with E-state index in [2.05, 4.69) is 23.2 Å². The summed E-state index contributed by atoms with van der Waals surface area (Å²) >= 11 is 2.86. The topological polar surface area (TPSA) is 68.0 Å². The van der Waals surface area contributed by atoms with Crippen molar-refractivity contribution < 1.29 is 9.90 Å². The lowest BCUT2D eigenvalue weighted by atomic mass is 10.3. The molecule has 0 aliphatic heterocycles. The molecule has 1 N–H and O–H groups in total. The largest absolute Gasteiger partial charge is 0.481 e. The van der Waals surface area contributed by atoms with Gasteiger partial charge >= 0.3 is 5.97 Å². The number of carboxylic acids is 1. The molecule has 2 aromatic heterocycles. The van der Waals surface area contributed by atoms with Gasteiger partial charge < -0.3 is 9.67 Å². The van der Waals surface area contributed by atoms with Crippen LogP contribution in [0.3, 0.4) is 0 Å². The Labute approximate surface area is 106 Å². The maximum atomic E-state index is 10.5. The number of rotatable bonds is 5. The minimum Gasteiger partial charge on any atom is -0.481 e. The van der Waals surface area contributed by atoms with E-state index in [0.717, 1.165) is 0 Å². The Morgan fingerprint density at radius 1 is 1.65 bits per heavy atom. The van der Waals surface area contributed by atoms with Gasteiger partial charge in [0.15, 0.2) is 5.16 Å². The Morgan fingerprint density at radius 2 is 2.47 bits per heavy atom. The highest BCUT2D eigenvalue weighted by molar-refractivity contribution is 7.99. The summed E-state index contributed by atoms with van der Waals surface area (Å²) in [5, 5.41) is 19.0. The summed E-state index contributed by atoms with van der Waals surface area (Å²) < 4.78 is 1.87. The van der Waals surface area contributed by atoms with Crippen LogP contribution in [0.1, 0.15) is 10.4 Å². The summed E-state index contributed by atoms with van der Waals surface area (Å²) in [7, 11) is 0. The second-order valence-corrected chi connectivity index (χ2v) is 5.39. The van der Waals surface area contributed by atoms with Crippen LogP contribution in [0.15, 0.2) is 22.9 Å². The van der Waals surface area contributed by atoms with Crippen molar-refractivity contribution in [3.63, 3.8) is 0 Å². The number of aryl methyl sites for hydroxylation is 1. The molecule has 0 bridgehead atoms. The monoisotopic (exact) mass is 269 g/mol. The van der Waals surface area contributed by atoms with Crippen molar-refractivity contribution in [1.29, 1.82) is 0 Å². The summed E-state index contributed by atoms with van der Waals surface area (Å²) in [6, 6.07) is 2.06. The van der Waals surface area contributed by atoms with E-state index >= 15 is 0 Å². The van der Waals surface area contributed by atoms with Crippen molar-refractivity contribution in [2.75, 3.05) is 5.75 Å². The first-order valence-corrected chi connectivity index (χ1v) is 6.78. The molecule has 0 fully saturated rings. The number of hydrogen-bond donors (Lipinski definition) is 1. The Balaban J connectivity index is 2.09. The summed E-state index contributed by atoms with van der Waals surface area (Å²) in [5.41, 5.74) is 1.23. The number of nitrogens with zero attached hydrogens (tertiary/aromatic N) is 3. The molecule has 7 heteroatoms. The second-order valence-electron chi connectivity index (χ2n) is 3.45. The molecule has 5 nitrogen and oxygen atoms in total. The molecule has 0 saturated carbocycles. The van der Waals surface area contributed by atoms with Gasteiger partial charge in [-0.25, -0.2) is 0 Å². The third-order valence-corrected chi connectivity index (χ3v) is 4.16.